The molecule has 1 amide bonds. The third-order valence-corrected chi connectivity index (χ3v) is 15.6. The number of fused-ring (bicyclic) bond motifs is 2. The summed E-state index contributed by atoms with van der Waals surface area (Å²) >= 11 is 4.69. The molecule has 0 radical (unpaired) electrons. The Morgan fingerprint density at radius 1 is 0.535 bits per heavy atom. The van der Waals surface area contributed by atoms with Gasteiger partial charge in [-0.3, -0.25) is 23.6 Å². The summed E-state index contributed by atoms with van der Waals surface area (Å²) in [6.07, 6.45) is 12.0. The first-order chi connectivity index (χ1) is 59.5. The van der Waals surface area contributed by atoms with Crippen LogP contribution in [0, 0.1) is 218 Å². The van der Waals surface area contributed by atoms with Crippen molar-refractivity contribution in [3.63, 3.8) is 0 Å². The largest absolute Gasteiger partial charge is 2.00 e. The number of aromatic nitrogens is 7. The Bertz CT molecular complexity index is 6000. The molecule has 0 saturated carbocycles. The van der Waals surface area contributed by atoms with Gasteiger partial charge in [0.2, 0.25) is 11.6 Å². The van der Waals surface area contributed by atoms with E-state index < -0.39 is 34.6 Å². The normalized spacial score (nSPS) is 9.38. The molecule has 7 heterocycles. The summed E-state index contributed by atoms with van der Waals surface area (Å²) in [5.41, 5.74) is 9.21. The third-order valence-electron chi connectivity index (χ3n) is 15.4. The Morgan fingerprint density at radius 3 is 1.19 bits per heavy atom. The molecule has 0 atom stereocenters. The van der Waals surface area contributed by atoms with Crippen LogP contribution in [-0.4, -0.2) is 187 Å². The molecule has 2 saturated heterocycles. The van der Waals surface area contributed by atoms with Crippen LogP contribution in [0.4, 0.5) is 30.4 Å². The number of likely N-dealkylation sites (tertiary alicyclic amines) is 1. The molecule has 0 spiro atoms. The van der Waals surface area contributed by atoms with Crippen LogP contribution in [-0.2, 0) is 19.1 Å². The van der Waals surface area contributed by atoms with E-state index in [0.29, 0.717) is 76.1 Å². The molecule has 3 aromatic carbocycles. The van der Waals surface area contributed by atoms with E-state index in [2.05, 4.69) is 265 Å². The second-order valence-corrected chi connectivity index (χ2v) is 24.4. The number of benzene rings is 3. The molecule has 22 nitrogen and oxygen atoms in total. The predicted molar refractivity (Wildman–Crippen MR) is 488 cm³/mol. The molecule has 5 aromatic heterocycles. The van der Waals surface area contributed by atoms with E-state index >= 15 is 0 Å². The third kappa shape index (κ3) is 45.4. The second kappa shape index (κ2) is 71.5. The maximum Gasteiger partial charge on any atom is 2.00 e. The van der Waals surface area contributed by atoms with Gasteiger partial charge >= 0.3 is 54.9 Å². The van der Waals surface area contributed by atoms with Crippen LogP contribution < -0.4 is 41.2 Å². The zero-order valence-electron chi connectivity index (χ0n) is 72.3. The average Bonchev–Trinajstić information content (AvgIpc) is 1.61. The number of rotatable bonds is 15. The number of carbonyl (C=O) groups excluding carboxylic acids is 4. The van der Waals surface area contributed by atoms with E-state index in [1.165, 1.54) is 80.1 Å². The van der Waals surface area contributed by atoms with Crippen molar-refractivity contribution in [2.45, 2.75) is 115 Å². The van der Waals surface area contributed by atoms with Crippen LogP contribution in [0.5, 0.6) is 0 Å². The van der Waals surface area contributed by atoms with E-state index in [1.54, 1.807) is 129 Å². The molecule has 644 valence electrons. The van der Waals surface area contributed by atoms with Gasteiger partial charge in [0.25, 0.3) is 5.91 Å². The van der Waals surface area contributed by atoms with Crippen molar-refractivity contribution < 1.29 is 66.6 Å². The Hall–Kier alpha value is -13.9. The fourth-order valence-corrected chi connectivity index (χ4v) is 9.49. The van der Waals surface area contributed by atoms with Crippen molar-refractivity contribution in [2.75, 3.05) is 76.6 Å². The number of anilines is 3. The summed E-state index contributed by atoms with van der Waals surface area (Å²) in [5, 5.41) is 31.2. The van der Waals surface area contributed by atoms with Crippen molar-refractivity contribution >= 4 is 124 Å². The predicted octanol–water partition coefficient (Wildman–Crippen LogP) is 6.83. The van der Waals surface area contributed by atoms with Gasteiger partial charge in [0.05, 0.1) is 47.0 Å². The van der Waals surface area contributed by atoms with Crippen molar-refractivity contribution in [3.05, 3.63) is 155 Å². The van der Waals surface area contributed by atoms with Crippen LogP contribution >= 0.6 is 24.0 Å². The number of imidazole rings is 2. The summed E-state index contributed by atoms with van der Waals surface area (Å²) in [6.45, 7) is 35.1. The quantitative estimate of drug-likeness (QED) is 0.0311. The molecule has 127 heavy (non-hydrogen) atoms. The minimum absolute atomic E-state index is 0. The summed E-state index contributed by atoms with van der Waals surface area (Å²) in [6, 6.07) is 29.4. The van der Waals surface area contributed by atoms with Crippen LogP contribution in [0.1, 0.15) is 141 Å². The van der Waals surface area contributed by atoms with E-state index in [0.717, 1.165) is 19.0 Å². The van der Waals surface area contributed by atoms with Crippen molar-refractivity contribution in [2.24, 2.45) is 0 Å². The number of carbonyl (C=O) groups is 4. The summed E-state index contributed by atoms with van der Waals surface area (Å²) in [7, 11) is 0. The number of pyridine rings is 3. The van der Waals surface area contributed by atoms with Gasteiger partial charge in [-0.05, 0) is 359 Å². The van der Waals surface area contributed by atoms with E-state index in [-0.39, 0.29) is 122 Å². The second-order valence-electron chi connectivity index (χ2n) is 24.0. The van der Waals surface area contributed by atoms with Gasteiger partial charge in [0, 0.05) is 49.5 Å². The van der Waals surface area contributed by atoms with Crippen LogP contribution in [0.25, 0.3) is 33.7 Å². The van der Waals surface area contributed by atoms with Crippen LogP contribution in [0.3, 0.4) is 0 Å². The van der Waals surface area contributed by atoms with Crippen LogP contribution in [0.2, 0.25) is 0 Å². The summed E-state index contributed by atoms with van der Waals surface area (Å²) < 4.78 is 53.4. The minimum Gasteiger partial charge on any atom is -1.00 e. The number of nitrogens with two attached hydrogens (primary N) is 1. The number of nitriles is 3. The van der Waals surface area contributed by atoms with E-state index in [1.807, 2.05) is 0 Å². The van der Waals surface area contributed by atoms with Crippen molar-refractivity contribution in [1.82, 2.24) is 54.1 Å². The number of amides is 1. The first-order valence-electron chi connectivity index (χ1n) is 38.0. The van der Waals surface area contributed by atoms with Gasteiger partial charge in [-0.1, -0.05) is 45.5 Å². The molecule has 0 unspecified atom stereocenters. The fraction of sp³-hybridized carbons (Fsp3) is 0.278. The zero-order valence-corrected chi connectivity index (χ0v) is 77.6. The van der Waals surface area contributed by atoms with Crippen molar-refractivity contribution in [3.8, 4) is 196 Å². The first-order valence-corrected chi connectivity index (χ1v) is 38.3. The zero-order chi connectivity index (χ0) is 91.0. The molecular formula is C97H89CaCl4F3N16O6. The van der Waals surface area contributed by atoms with E-state index in [9.17, 15) is 32.3 Å². The summed E-state index contributed by atoms with van der Waals surface area (Å²) in [5.74, 6) is 64.4. The number of terminal acetylenes is 1. The summed E-state index contributed by atoms with van der Waals surface area (Å²) in [4.78, 5) is 72.3. The first kappa shape index (κ1) is 117. The number of nitrogens with one attached hydrogen (secondary N) is 2. The Balaban J connectivity index is -0.00000141. The van der Waals surface area contributed by atoms with Gasteiger partial charge in [0.1, 0.15) is 46.7 Å². The number of esters is 2. The maximum atomic E-state index is 14.0. The van der Waals surface area contributed by atoms with Gasteiger partial charge in [-0.15, -0.1) is 18.8 Å². The van der Waals surface area contributed by atoms with E-state index in [4.69, 9.17) is 44.3 Å². The number of halogens is 7. The Kier molecular flexibility index (Phi) is 66.1. The minimum atomic E-state index is -1.08. The molecule has 8 aromatic rings. The molecule has 30 heteroatoms. The standard InChI is InChI=1S/C17H12FN5O.C16H11FN4O2.C16H6.C15H4.C12H9FN4.C8H19N.C6H15N.C4H5ClO3.C3H7N.Ca.3ClH/c18-13-9-12(5-4-11(13)10-19)23-15-14(3-1-6-20-15)21-16(23)17(24)22-7-2-8-22;1-2-23-16(22)15-20-13-4-3-7-19-14(13)21(15)11-6-5-10(9-18)12(17)8-11;1-3-5-7-9-11-13-15-16-14-12-10-8-6-4-2;1-3-5-7-9-11-13-15-14-12-10-8-6-4-2;13-10-6-9(4-3-8(10)7-14)17-12-11(15)2-1-5-16-12;1-6-9(7(2)3)8(4)5;1-4-7(5-2)6-3;1-2-8-4(7)3(5)6;1-2-4-3-1;;;;/h1,3-6,9H,2,7-8H2;3-8H,2H2,1H3;1-2H3;1H,2H3;1-6H,15H2,(H,16,17);7-8H,6H2,1-5H3;4-6H2,1-3H3;2H2,1H3;4H,1-3H2;;3*1H/q;;;;;;;;;+2;;;/p-2. The fourth-order valence-electron chi connectivity index (χ4n) is 9.44. The monoisotopic (exact) mass is 1810 g/mol. The SMILES string of the molecule is C#CC#CC#CC#CC#CC#CC#CC.C1CNC1.CC#CC#CC#CC#CC#CC#CC#CC.CCN(C(C)C)C(C)C.CCN(CC)CC.CCOC(=O)C(=O)Cl.CCOC(=O)c1nc2cccnc2n1-c1ccc(C#N)c(F)c1.Cl.N#Cc1ccc(-n2c(C(=O)N3CCC3)nc3cccnc32)cc1F.N#Cc1ccc(Nc2ncccc2N)cc1F.[Ca+2].[Cl-].[Cl-]. The number of hydrogen-bond acceptors (Lipinski definition) is 19. The molecule has 0 aliphatic carbocycles. The topological polar surface area (TPSA) is 292 Å². The molecule has 0 bridgehead atoms. The smallest absolute Gasteiger partial charge is 1.00 e. The maximum absolute atomic E-state index is 14.0. The Morgan fingerprint density at radius 2 is 0.898 bits per heavy atom. The molecule has 2 aliphatic rings. The van der Waals surface area contributed by atoms with Gasteiger partial charge in [0.15, 0.2) is 17.1 Å². The van der Waals surface area contributed by atoms with Gasteiger partial charge in [-0.25, -0.2) is 47.7 Å². The molecule has 2 fully saturated rings. The number of nitrogen functional groups attached to an aromatic ring is 1. The van der Waals surface area contributed by atoms with Gasteiger partial charge in [-0.2, -0.15) is 15.8 Å². The van der Waals surface area contributed by atoms with Crippen LogP contribution in [0.15, 0.2) is 110 Å². The number of ether oxygens (including phenoxy) is 2. The average molecular weight is 1810 g/mol. The Labute approximate surface area is 797 Å². The van der Waals surface area contributed by atoms with Gasteiger partial charge < -0.3 is 60.5 Å². The molecular weight excluding hydrogens is 1720 g/mol. The molecule has 4 N–H and O–H groups in total. The van der Waals surface area contributed by atoms with Crippen molar-refractivity contribution in [1.29, 1.82) is 15.8 Å². The molecule has 2 aliphatic heterocycles. The number of hydrogen-bond donors (Lipinski definition) is 3. The number of nitrogens with zero attached hydrogens (tertiary/aromatic N) is 13. The molecule has 10 rings (SSSR count).